The third kappa shape index (κ3) is 4.05. The topological polar surface area (TPSA) is 32.3 Å². The summed E-state index contributed by atoms with van der Waals surface area (Å²) in [6, 6.07) is 8.76. The monoisotopic (exact) mass is 261 g/mol. The molecule has 0 saturated carbocycles. The van der Waals surface area contributed by atoms with E-state index in [0.29, 0.717) is 0 Å². The van der Waals surface area contributed by atoms with Crippen LogP contribution >= 0.6 is 0 Å². The zero-order valence-corrected chi connectivity index (χ0v) is 12.5. The SMILES string of the molecule is CC(C)(C)c1ccc(CC2(O)CCCNCC2)cc1. The molecular formula is C17H27NO. The van der Waals surface area contributed by atoms with E-state index in [1.807, 2.05) is 0 Å². The van der Waals surface area contributed by atoms with Gasteiger partial charge >= 0.3 is 0 Å². The Morgan fingerprint density at radius 1 is 1.11 bits per heavy atom. The molecule has 0 spiro atoms. The van der Waals surface area contributed by atoms with Crippen LogP contribution < -0.4 is 5.32 Å². The fourth-order valence-corrected chi connectivity index (χ4v) is 2.79. The predicted molar refractivity (Wildman–Crippen MR) is 80.5 cm³/mol. The zero-order valence-electron chi connectivity index (χ0n) is 12.5. The number of rotatable bonds is 2. The molecule has 1 fully saturated rings. The van der Waals surface area contributed by atoms with Crippen molar-refractivity contribution in [2.75, 3.05) is 13.1 Å². The summed E-state index contributed by atoms with van der Waals surface area (Å²) in [5.41, 5.74) is 2.28. The molecule has 106 valence electrons. The van der Waals surface area contributed by atoms with Crippen LogP contribution in [0.1, 0.15) is 51.2 Å². The molecule has 1 unspecified atom stereocenters. The molecule has 1 aliphatic heterocycles. The molecule has 2 nitrogen and oxygen atoms in total. The molecule has 0 aliphatic carbocycles. The van der Waals surface area contributed by atoms with Gasteiger partial charge in [-0.15, -0.1) is 0 Å². The van der Waals surface area contributed by atoms with Crippen LogP contribution in [-0.2, 0) is 11.8 Å². The molecule has 2 N–H and O–H groups in total. The van der Waals surface area contributed by atoms with E-state index in [0.717, 1.165) is 38.8 Å². The summed E-state index contributed by atoms with van der Waals surface area (Å²) in [5.74, 6) is 0. The van der Waals surface area contributed by atoms with Gasteiger partial charge in [-0.25, -0.2) is 0 Å². The predicted octanol–water partition coefficient (Wildman–Crippen LogP) is 3.03. The Hall–Kier alpha value is -0.860. The lowest BCUT2D eigenvalue weighted by Gasteiger charge is -2.27. The molecule has 2 heteroatoms. The number of hydrogen-bond donors (Lipinski definition) is 2. The lowest BCUT2D eigenvalue weighted by Crippen LogP contribution is -2.32. The van der Waals surface area contributed by atoms with Crippen molar-refractivity contribution >= 4 is 0 Å². The molecule has 2 rings (SSSR count). The number of aliphatic hydroxyl groups is 1. The van der Waals surface area contributed by atoms with Gasteiger partial charge in [-0.1, -0.05) is 45.0 Å². The Morgan fingerprint density at radius 2 is 1.79 bits per heavy atom. The maximum absolute atomic E-state index is 10.7. The van der Waals surface area contributed by atoms with Crippen LogP contribution in [0.15, 0.2) is 24.3 Å². The van der Waals surface area contributed by atoms with Gasteiger partial charge < -0.3 is 10.4 Å². The highest BCUT2D eigenvalue weighted by Gasteiger charge is 2.28. The third-order valence-corrected chi connectivity index (χ3v) is 4.12. The molecule has 1 aliphatic rings. The minimum absolute atomic E-state index is 0.196. The summed E-state index contributed by atoms with van der Waals surface area (Å²) < 4.78 is 0. The second-order valence-electron chi connectivity index (χ2n) is 6.95. The highest BCUT2D eigenvalue weighted by molar-refractivity contribution is 5.28. The van der Waals surface area contributed by atoms with E-state index in [2.05, 4.69) is 50.4 Å². The lowest BCUT2D eigenvalue weighted by atomic mass is 9.84. The van der Waals surface area contributed by atoms with Crippen molar-refractivity contribution < 1.29 is 5.11 Å². The summed E-state index contributed by atoms with van der Waals surface area (Å²) in [4.78, 5) is 0. The summed E-state index contributed by atoms with van der Waals surface area (Å²) in [6.45, 7) is 8.65. The van der Waals surface area contributed by atoms with Gasteiger partial charge in [0.25, 0.3) is 0 Å². The molecule has 1 atom stereocenters. The molecule has 0 radical (unpaired) electrons. The third-order valence-electron chi connectivity index (χ3n) is 4.12. The normalized spacial score (nSPS) is 25.1. The Bertz CT molecular complexity index is 394. The van der Waals surface area contributed by atoms with Crippen LogP contribution in [-0.4, -0.2) is 23.8 Å². The molecule has 1 saturated heterocycles. The zero-order chi connectivity index (χ0) is 13.9. The standard InChI is InChI=1S/C17H27NO/c1-16(2,3)15-7-5-14(6-8-15)13-17(19)9-4-11-18-12-10-17/h5-8,18-19H,4,9-13H2,1-3H3. The number of benzene rings is 1. The average molecular weight is 261 g/mol. The molecule has 0 amide bonds. The molecular weight excluding hydrogens is 234 g/mol. The highest BCUT2D eigenvalue weighted by Crippen LogP contribution is 2.26. The summed E-state index contributed by atoms with van der Waals surface area (Å²) in [7, 11) is 0. The summed E-state index contributed by atoms with van der Waals surface area (Å²) in [6.07, 6.45) is 3.60. The van der Waals surface area contributed by atoms with Crippen LogP contribution in [0.2, 0.25) is 0 Å². The highest BCUT2D eigenvalue weighted by atomic mass is 16.3. The van der Waals surface area contributed by atoms with Gasteiger partial charge in [-0.2, -0.15) is 0 Å². The van der Waals surface area contributed by atoms with E-state index >= 15 is 0 Å². The van der Waals surface area contributed by atoms with E-state index < -0.39 is 5.60 Å². The van der Waals surface area contributed by atoms with Crippen molar-refractivity contribution in [1.29, 1.82) is 0 Å². The summed E-state index contributed by atoms with van der Waals surface area (Å²) >= 11 is 0. The van der Waals surface area contributed by atoms with E-state index in [9.17, 15) is 5.11 Å². The van der Waals surface area contributed by atoms with Gasteiger partial charge in [-0.05, 0) is 48.9 Å². The first-order valence-corrected chi connectivity index (χ1v) is 7.42. The van der Waals surface area contributed by atoms with Crippen molar-refractivity contribution in [2.45, 2.75) is 57.5 Å². The molecule has 19 heavy (non-hydrogen) atoms. The van der Waals surface area contributed by atoms with Crippen molar-refractivity contribution in [1.82, 2.24) is 5.32 Å². The molecule has 1 heterocycles. The second-order valence-corrected chi connectivity index (χ2v) is 6.95. The first-order chi connectivity index (χ1) is 8.89. The Morgan fingerprint density at radius 3 is 2.42 bits per heavy atom. The lowest BCUT2D eigenvalue weighted by molar-refractivity contribution is 0.0284. The van der Waals surface area contributed by atoms with Crippen LogP contribution in [0.4, 0.5) is 0 Å². The Balaban J connectivity index is 2.06. The Kier molecular flexibility index (Phi) is 4.32. The van der Waals surface area contributed by atoms with Gasteiger partial charge in [0.1, 0.15) is 0 Å². The smallest absolute Gasteiger partial charge is 0.0700 e. The van der Waals surface area contributed by atoms with Crippen LogP contribution in [0.3, 0.4) is 0 Å². The first-order valence-electron chi connectivity index (χ1n) is 7.42. The van der Waals surface area contributed by atoms with Gasteiger partial charge in [0.2, 0.25) is 0 Å². The second kappa shape index (κ2) is 5.64. The Labute approximate surface area is 117 Å². The quantitative estimate of drug-likeness (QED) is 0.857. The van der Waals surface area contributed by atoms with E-state index in [1.165, 1.54) is 11.1 Å². The van der Waals surface area contributed by atoms with Crippen molar-refractivity contribution in [3.8, 4) is 0 Å². The van der Waals surface area contributed by atoms with Gasteiger partial charge in [0, 0.05) is 6.42 Å². The first kappa shape index (κ1) is 14.5. The fraction of sp³-hybridized carbons (Fsp3) is 0.647. The minimum Gasteiger partial charge on any atom is -0.389 e. The minimum atomic E-state index is -0.521. The van der Waals surface area contributed by atoms with Crippen molar-refractivity contribution in [3.05, 3.63) is 35.4 Å². The largest absolute Gasteiger partial charge is 0.389 e. The van der Waals surface area contributed by atoms with Crippen molar-refractivity contribution in [2.24, 2.45) is 0 Å². The molecule has 0 bridgehead atoms. The van der Waals surface area contributed by atoms with E-state index in [1.54, 1.807) is 0 Å². The maximum Gasteiger partial charge on any atom is 0.0700 e. The van der Waals surface area contributed by atoms with E-state index in [-0.39, 0.29) is 5.41 Å². The van der Waals surface area contributed by atoms with Crippen LogP contribution in [0.25, 0.3) is 0 Å². The fourth-order valence-electron chi connectivity index (χ4n) is 2.79. The number of hydrogen-bond acceptors (Lipinski definition) is 2. The van der Waals surface area contributed by atoms with Crippen molar-refractivity contribution in [3.63, 3.8) is 0 Å². The van der Waals surface area contributed by atoms with Gasteiger partial charge in [-0.3, -0.25) is 0 Å². The maximum atomic E-state index is 10.7. The summed E-state index contributed by atoms with van der Waals surface area (Å²) in [5, 5.41) is 14.1. The van der Waals surface area contributed by atoms with Crippen LogP contribution in [0, 0.1) is 0 Å². The van der Waals surface area contributed by atoms with Gasteiger partial charge in [0.05, 0.1) is 5.60 Å². The molecule has 0 aromatic heterocycles. The molecule has 1 aromatic carbocycles. The van der Waals surface area contributed by atoms with Crippen LogP contribution in [0.5, 0.6) is 0 Å². The van der Waals surface area contributed by atoms with Gasteiger partial charge in [0.15, 0.2) is 0 Å². The molecule has 1 aromatic rings. The number of nitrogens with one attached hydrogen (secondary N) is 1. The average Bonchev–Trinajstić information content (AvgIpc) is 2.53. The van der Waals surface area contributed by atoms with E-state index in [4.69, 9.17) is 0 Å².